The van der Waals surface area contributed by atoms with Crippen LogP contribution in [0.4, 0.5) is 4.79 Å². The lowest BCUT2D eigenvalue weighted by Gasteiger charge is -2.12. The molecule has 0 aromatic heterocycles. The van der Waals surface area contributed by atoms with Gasteiger partial charge in [-0.1, -0.05) is 12.1 Å². The molecule has 104 valence electrons. The smallest absolute Gasteiger partial charge is 0.407 e. The molecule has 0 bridgehead atoms. The van der Waals surface area contributed by atoms with Gasteiger partial charge in [-0.25, -0.2) is 4.79 Å². The summed E-state index contributed by atoms with van der Waals surface area (Å²) in [6, 6.07) is 7.75. The van der Waals surface area contributed by atoms with Gasteiger partial charge in [-0.3, -0.25) is 0 Å². The van der Waals surface area contributed by atoms with Gasteiger partial charge in [0.15, 0.2) is 0 Å². The molecule has 0 spiro atoms. The van der Waals surface area contributed by atoms with Crippen LogP contribution in [0.1, 0.15) is 18.9 Å². The van der Waals surface area contributed by atoms with Crippen molar-refractivity contribution in [2.75, 3.05) is 19.7 Å². The van der Waals surface area contributed by atoms with Gasteiger partial charge in [0.05, 0.1) is 6.61 Å². The largest absolute Gasteiger partial charge is 0.494 e. The van der Waals surface area contributed by atoms with Crippen LogP contribution in [0.25, 0.3) is 0 Å². The highest BCUT2D eigenvalue weighted by atomic mass is 16.5. The molecule has 1 heterocycles. The number of rotatable bonds is 5. The van der Waals surface area contributed by atoms with Crippen LogP contribution in [0.5, 0.6) is 5.75 Å². The van der Waals surface area contributed by atoms with E-state index in [1.165, 1.54) is 0 Å². The Morgan fingerprint density at radius 1 is 1.53 bits per heavy atom. The lowest BCUT2D eigenvalue weighted by molar-refractivity contribution is 0.136. The number of nitrogens with one attached hydrogen (secondary N) is 2. The summed E-state index contributed by atoms with van der Waals surface area (Å²) in [5, 5.41) is 6.02. The summed E-state index contributed by atoms with van der Waals surface area (Å²) in [7, 11) is 0. The predicted octanol–water partition coefficient (Wildman–Crippen LogP) is 1.67. The first-order valence-electron chi connectivity index (χ1n) is 6.63. The normalized spacial score (nSPS) is 18.1. The summed E-state index contributed by atoms with van der Waals surface area (Å²) in [6.45, 7) is 4.58. The minimum atomic E-state index is -0.365. The van der Waals surface area contributed by atoms with Crippen molar-refractivity contribution in [2.24, 2.45) is 0 Å². The second-order valence-electron chi connectivity index (χ2n) is 4.49. The topological polar surface area (TPSA) is 59.6 Å². The molecule has 1 saturated heterocycles. The zero-order valence-corrected chi connectivity index (χ0v) is 11.1. The summed E-state index contributed by atoms with van der Waals surface area (Å²) in [6.07, 6.45) is 0.588. The molecule has 1 amide bonds. The van der Waals surface area contributed by atoms with E-state index < -0.39 is 0 Å². The zero-order chi connectivity index (χ0) is 13.5. The Kier molecular flexibility index (Phi) is 5.03. The zero-order valence-electron chi connectivity index (χ0n) is 11.1. The Hall–Kier alpha value is -1.75. The second-order valence-corrected chi connectivity index (χ2v) is 4.49. The number of benzene rings is 1. The van der Waals surface area contributed by atoms with Gasteiger partial charge in [0.1, 0.15) is 12.4 Å². The Morgan fingerprint density at radius 3 is 3.16 bits per heavy atom. The molecule has 5 nitrogen and oxygen atoms in total. The number of ether oxygens (including phenoxy) is 2. The van der Waals surface area contributed by atoms with E-state index in [2.05, 4.69) is 10.6 Å². The van der Waals surface area contributed by atoms with E-state index in [-0.39, 0.29) is 18.7 Å². The van der Waals surface area contributed by atoms with Crippen molar-refractivity contribution in [2.45, 2.75) is 26.0 Å². The summed E-state index contributed by atoms with van der Waals surface area (Å²) in [5.41, 5.74) is 0.922. The molecule has 5 heteroatoms. The molecular formula is C14H20N2O3. The van der Waals surface area contributed by atoms with E-state index in [1.54, 1.807) is 0 Å². The number of carbonyl (C=O) groups excluding carboxylic acids is 1. The van der Waals surface area contributed by atoms with Crippen LogP contribution in [0.3, 0.4) is 0 Å². The van der Waals surface area contributed by atoms with Crippen molar-refractivity contribution in [3.63, 3.8) is 0 Å². The van der Waals surface area contributed by atoms with Crippen LogP contribution in [-0.2, 0) is 11.3 Å². The highest BCUT2D eigenvalue weighted by Crippen LogP contribution is 2.14. The monoisotopic (exact) mass is 264 g/mol. The average molecular weight is 264 g/mol. The van der Waals surface area contributed by atoms with Crippen LogP contribution in [0, 0.1) is 0 Å². The Morgan fingerprint density at radius 2 is 2.42 bits per heavy atom. The highest BCUT2D eigenvalue weighted by molar-refractivity contribution is 5.67. The number of hydrogen-bond donors (Lipinski definition) is 2. The van der Waals surface area contributed by atoms with Crippen molar-refractivity contribution >= 4 is 6.09 Å². The van der Waals surface area contributed by atoms with Crippen molar-refractivity contribution in [3.05, 3.63) is 29.8 Å². The molecule has 0 radical (unpaired) electrons. The molecule has 1 fully saturated rings. The van der Waals surface area contributed by atoms with E-state index in [1.807, 2.05) is 31.2 Å². The maximum Gasteiger partial charge on any atom is 0.407 e. The summed E-state index contributed by atoms with van der Waals surface area (Å²) < 4.78 is 10.6. The van der Waals surface area contributed by atoms with E-state index in [0.29, 0.717) is 6.61 Å². The van der Waals surface area contributed by atoms with Gasteiger partial charge in [-0.05, 0) is 37.6 Å². The SMILES string of the molecule is CCOc1cccc(COC(=O)NC2CCNC2)c1. The maximum absolute atomic E-state index is 11.6. The summed E-state index contributed by atoms with van der Waals surface area (Å²) in [4.78, 5) is 11.6. The number of carbonyl (C=O) groups is 1. The predicted molar refractivity (Wildman–Crippen MR) is 72.2 cm³/mol. The van der Waals surface area contributed by atoms with Crippen molar-refractivity contribution in [1.82, 2.24) is 10.6 Å². The van der Waals surface area contributed by atoms with Gasteiger partial charge in [0.2, 0.25) is 0 Å². The molecule has 1 aromatic rings. The maximum atomic E-state index is 11.6. The fourth-order valence-corrected chi connectivity index (χ4v) is 2.03. The fraction of sp³-hybridized carbons (Fsp3) is 0.500. The summed E-state index contributed by atoms with van der Waals surface area (Å²) in [5.74, 6) is 0.795. The van der Waals surface area contributed by atoms with E-state index in [0.717, 1.165) is 30.8 Å². The Labute approximate surface area is 113 Å². The number of amides is 1. The lowest BCUT2D eigenvalue weighted by Crippen LogP contribution is -2.36. The van der Waals surface area contributed by atoms with Crippen LogP contribution in [0.15, 0.2) is 24.3 Å². The number of alkyl carbamates (subject to hydrolysis) is 1. The van der Waals surface area contributed by atoms with Gasteiger partial charge < -0.3 is 20.1 Å². The second kappa shape index (κ2) is 6.99. The molecular weight excluding hydrogens is 244 g/mol. The van der Waals surface area contributed by atoms with Crippen LogP contribution >= 0.6 is 0 Å². The molecule has 1 unspecified atom stereocenters. The Balaban J connectivity index is 1.77. The minimum absolute atomic E-state index is 0.183. The van der Waals surface area contributed by atoms with Crippen LogP contribution in [0.2, 0.25) is 0 Å². The molecule has 1 atom stereocenters. The molecule has 1 aliphatic heterocycles. The van der Waals surface area contributed by atoms with Gasteiger partial charge >= 0.3 is 6.09 Å². The standard InChI is InChI=1S/C14H20N2O3/c1-2-18-13-5-3-4-11(8-13)10-19-14(17)16-12-6-7-15-9-12/h3-5,8,12,15H,2,6-7,9-10H2,1H3,(H,16,17). The molecule has 1 aliphatic rings. The van der Waals surface area contributed by atoms with E-state index in [4.69, 9.17) is 9.47 Å². The summed E-state index contributed by atoms with van der Waals surface area (Å²) >= 11 is 0. The Bertz CT molecular complexity index is 417. The van der Waals surface area contributed by atoms with Crippen molar-refractivity contribution in [3.8, 4) is 5.75 Å². The fourth-order valence-electron chi connectivity index (χ4n) is 2.03. The molecule has 0 saturated carbocycles. The number of hydrogen-bond acceptors (Lipinski definition) is 4. The first-order valence-corrected chi connectivity index (χ1v) is 6.63. The lowest BCUT2D eigenvalue weighted by atomic mass is 10.2. The minimum Gasteiger partial charge on any atom is -0.494 e. The molecule has 0 aliphatic carbocycles. The third kappa shape index (κ3) is 4.44. The third-order valence-corrected chi connectivity index (χ3v) is 2.96. The van der Waals surface area contributed by atoms with Crippen molar-refractivity contribution in [1.29, 1.82) is 0 Å². The van der Waals surface area contributed by atoms with Crippen LogP contribution < -0.4 is 15.4 Å². The average Bonchev–Trinajstić information content (AvgIpc) is 2.90. The van der Waals surface area contributed by atoms with Crippen LogP contribution in [-0.4, -0.2) is 31.8 Å². The van der Waals surface area contributed by atoms with Gasteiger partial charge in [-0.2, -0.15) is 0 Å². The highest BCUT2D eigenvalue weighted by Gasteiger charge is 2.17. The molecule has 2 rings (SSSR count). The molecule has 2 N–H and O–H groups in total. The van der Waals surface area contributed by atoms with Gasteiger partial charge in [0, 0.05) is 12.6 Å². The van der Waals surface area contributed by atoms with Crippen molar-refractivity contribution < 1.29 is 14.3 Å². The van der Waals surface area contributed by atoms with E-state index >= 15 is 0 Å². The first kappa shape index (κ1) is 13.7. The van der Waals surface area contributed by atoms with Gasteiger partial charge in [-0.15, -0.1) is 0 Å². The first-order chi connectivity index (χ1) is 9.28. The third-order valence-electron chi connectivity index (χ3n) is 2.96. The van der Waals surface area contributed by atoms with E-state index in [9.17, 15) is 4.79 Å². The molecule has 19 heavy (non-hydrogen) atoms. The quantitative estimate of drug-likeness (QED) is 0.849. The molecule has 1 aromatic carbocycles. The van der Waals surface area contributed by atoms with Gasteiger partial charge in [0.25, 0.3) is 0 Å².